The van der Waals surface area contributed by atoms with E-state index in [1.807, 2.05) is 0 Å². The highest BCUT2D eigenvalue weighted by Crippen LogP contribution is 2.29. The Kier molecular flexibility index (Phi) is 3.19. The Labute approximate surface area is 92.9 Å². The fourth-order valence-corrected chi connectivity index (χ4v) is 2.04. The van der Waals surface area contributed by atoms with Crippen LogP contribution < -0.4 is 0 Å². The molecule has 1 saturated heterocycles. The molecule has 88 valence electrons. The number of benzene rings is 1. The zero-order valence-electron chi connectivity index (χ0n) is 8.93. The van der Waals surface area contributed by atoms with E-state index in [-0.39, 0.29) is 0 Å². The molecule has 16 heavy (non-hydrogen) atoms. The number of likely N-dealkylation sites (tertiary alicyclic amines) is 1. The maximum atomic E-state index is 12.5. The lowest BCUT2D eigenvalue weighted by molar-refractivity contribution is -0.137. The second kappa shape index (κ2) is 4.45. The van der Waals surface area contributed by atoms with Crippen LogP contribution in [-0.4, -0.2) is 18.0 Å². The molecule has 0 atom stereocenters. The first-order valence-electron chi connectivity index (χ1n) is 5.44. The van der Waals surface area contributed by atoms with Gasteiger partial charge < -0.3 is 0 Å². The van der Waals surface area contributed by atoms with Crippen LogP contribution in [0, 0.1) is 0 Å². The molecule has 1 nitrogen and oxygen atoms in total. The standard InChI is InChI=1S/C12H14F3N/c13-12(14,15)11-5-3-4-10(8-11)9-16-6-1-2-7-16/h3-5,8H,1-2,6-7,9H2. The average Bonchev–Trinajstić information content (AvgIpc) is 2.70. The number of rotatable bonds is 2. The highest BCUT2D eigenvalue weighted by Gasteiger charge is 2.30. The summed E-state index contributed by atoms with van der Waals surface area (Å²) < 4.78 is 37.4. The van der Waals surface area contributed by atoms with E-state index in [2.05, 4.69) is 4.90 Å². The number of halogens is 3. The van der Waals surface area contributed by atoms with Crippen molar-refractivity contribution in [3.05, 3.63) is 35.4 Å². The lowest BCUT2D eigenvalue weighted by atomic mass is 10.1. The zero-order valence-corrected chi connectivity index (χ0v) is 8.93. The van der Waals surface area contributed by atoms with Crippen molar-refractivity contribution in [2.75, 3.05) is 13.1 Å². The number of nitrogens with zero attached hydrogens (tertiary/aromatic N) is 1. The van der Waals surface area contributed by atoms with Crippen molar-refractivity contribution in [1.82, 2.24) is 4.90 Å². The van der Waals surface area contributed by atoms with Gasteiger partial charge in [0.15, 0.2) is 0 Å². The summed E-state index contributed by atoms with van der Waals surface area (Å²) in [6.45, 7) is 2.62. The molecule has 0 aromatic heterocycles. The minimum atomic E-state index is -4.24. The molecule has 1 aromatic carbocycles. The maximum Gasteiger partial charge on any atom is 0.416 e. The normalized spacial score (nSPS) is 17.9. The number of hydrogen-bond donors (Lipinski definition) is 0. The van der Waals surface area contributed by atoms with E-state index in [1.165, 1.54) is 12.1 Å². The molecule has 1 aliphatic heterocycles. The van der Waals surface area contributed by atoms with Gasteiger partial charge in [0.25, 0.3) is 0 Å². The van der Waals surface area contributed by atoms with E-state index < -0.39 is 11.7 Å². The minimum absolute atomic E-state index is 0.552. The molecular formula is C12H14F3N. The molecule has 0 N–H and O–H groups in total. The summed E-state index contributed by atoms with van der Waals surface area (Å²) in [6.07, 6.45) is -1.93. The SMILES string of the molecule is FC(F)(F)c1cccc(CN2CCCC2)c1. The Balaban J connectivity index is 2.09. The predicted octanol–water partition coefficient (Wildman–Crippen LogP) is 3.30. The molecule has 0 spiro atoms. The van der Waals surface area contributed by atoms with Crippen LogP contribution in [0.4, 0.5) is 13.2 Å². The molecule has 1 aromatic rings. The van der Waals surface area contributed by atoms with Gasteiger partial charge in [-0.1, -0.05) is 18.2 Å². The van der Waals surface area contributed by atoms with Gasteiger partial charge in [0.2, 0.25) is 0 Å². The largest absolute Gasteiger partial charge is 0.416 e. The van der Waals surface area contributed by atoms with Crippen molar-refractivity contribution < 1.29 is 13.2 Å². The van der Waals surface area contributed by atoms with Crippen LogP contribution in [0.25, 0.3) is 0 Å². The maximum absolute atomic E-state index is 12.5. The molecular weight excluding hydrogens is 215 g/mol. The smallest absolute Gasteiger partial charge is 0.299 e. The topological polar surface area (TPSA) is 3.24 Å². The molecule has 0 radical (unpaired) electrons. The van der Waals surface area contributed by atoms with E-state index in [1.54, 1.807) is 6.07 Å². The van der Waals surface area contributed by atoms with Gasteiger partial charge in [-0.3, -0.25) is 4.90 Å². The molecule has 1 heterocycles. The Bertz CT molecular complexity index is 354. The van der Waals surface area contributed by atoms with Crippen molar-refractivity contribution in [3.8, 4) is 0 Å². The van der Waals surface area contributed by atoms with Crippen LogP contribution in [-0.2, 0) is 12.7 Å². The molecule has 1 fully saturated rings. The molecule has 0 saturated carbocycles. The second-order valence-corrected chi connectivity index (χ2v) is 4.18. The molecule has 4 heteroatoms. The third kappa shape index (κ3) is 2.76. The molecule has 1 aliphatic rings. The Morgan fingerprint density at radius 1 is 1.12 bits per heavy atom. The van der Waals surface area contributed by atoms with Gasteiger partial charge in [-0.05, 0) is 37.6 Å². The predicted molar refractivity (Wildman–Crippen MR) is 56.0 cm³/mol. The van der Waals surface area contributed by atoms with Crippen molar-refractivity contribution >= 4 is 0 Å². The summed E-state index contributed by atoms with van der Waals surface area (Å²) >= 11 is 0. The summed E-state index contributed by atoms with van der Waals surface area (Å²) in [4.78, 5) is 2.19. The summed E-state index contributed by atoms with van der Waals surface area (Å²) in [5, 5.41) is 0. The third-order valence-electron chi connectivity index (χ3n) is 2.86. The van der Waals surface area contributed by atoms with E-state index in [4.69, 9.17) is 0 Å². The second-order valence-electron chi connectivity index (χ2n) is 4.18. The Morgan fingerprint density at radius 3 is 2.44 bits per heavy atom. The highest BCUT2D eigenvalue weighted by molar-refractivity contribution is 5.25. The van der Waals surface area contributed by atoms with Crippen LogP contribution in [0.5, 0.6) is 0 Å². The van der Waals surface area contributed by atoms with Crippen molar-refractivity contribution in [3.63, 3.8) is 0 Å². The van der Waals surface area contributed by atoms with Gasteiger partial charge in [-0.2, -0.15) is 13.2 Å². The van der Waals surface area contributed by atoms with E-state index >= 15 is 0 Å². The minimum Gasteiger partial charge on any atom is -0.299 e. The fraction of sp³-hybridized carbons (Fsp3) is 0.500. The fourth-order valence-electron chi connectivity index (χ4n) is 2.04. The lowest BCUT2D eigenvalue weighted by Crippen LogP contribution is -2.18. The van der Waals surface area contributed by atoms with Crippen LogP contribution in [0.15, 0.2) is 24.3 Å². The molecule has 0 unspecified atom stereocenters. The van der Waals surface area contributed by atoms with Crippen LogP contribution in [0.3, 0.4) is 0 Å². The first kappa shape index (κ1) is 11.5. The van der Waals surface area contributed by atoms with Gasteiger partial charge in [0, 0.05) is 6.54 Å². The van der Waals surface area contributed by atoms with Crippen LogP contribution in [0.2, 0.25) is 0 Å². The highest BCUT2D eigenvalue weighted by atomic mass is 19.4. The number of alkyl halides is 3. The monoisotopic (exact) mass is 229 g/mol. The number of hydrogen-bond acceptors (Lipinski definition) is 1. The molecule has 0 bridgehead atoms. The van der Waals surface area contributed by atoms with Gasteiger partial charge >= 0.3 is 6.18 Å². The molecule has 0 aliphatic carbocycles. The Hall–Kier alpha value is -1.03. The van der Waals surface area contributed by atoms with Crippen LogP contribution >= 0.6 is 0 Å². The van der Waals surface area contributed by atoms with E-state index in [0.29, 0.717) is 6.54 Å². The van der Waals surface area contributed by atoms with Crippen LogP contribution in [0.1, 0.15) is 24.0 Å². The van der Waals surface area contributed by atoms with Gasteiger partial charge in [-0.15, -0.1) is 0 Å². The molecule has 2 rings (SSSR count). The zero-order chi connectivity index (χ0) is 11.6. The summed E-state index contributed by atoms with van der Waals surface area (Å²) in [7, 11) is 0. The van der Waals surface area contributed by atoms with Crippen molar-refractivity contribution in [1.29, 1.82) is 0 Å². The first-order valence-corrected chi connectivity index (χ1v) is 5.44. The van der Waals surface area contributed by atoms with Crippen molar-refractivity contribution in [2.45, 2.75) is 25.6 Å². The third-order valence-corrected chi connectivity index (χ3v) is 2.86. The van der Waals surface area contributed by atoms with E-state index in [0.717, 1.165) is 37.6 Å². The summed E-state index contributed by atoms with van der Waals surface area (Å²) in [6, 6.07) is 5.60. The molecule has 0 amide bonds. The first-order chi connectivity index (χ1) is 7.55. The van der Waals surface area contributed by atoms with Gasteiger partial charge in [0.05, 0.1) is 5.56 Å². The van der Waals surface area contributed by atoms with Gasteiger partial charge in [-0.25, -0.2) is 0 Å². The van der Waals surface area contributed by atoms with Crippen molar-refractivity contribution in [2.24, 2.45) is 0 Å². The summed E-state index contributed by atoms with van der Waals surface area (Å²) in [5.74, 6) is 0. The Morgan fingerprint density at radius 2 is 1.81 bits per heavy atom. The van der Waals surface area contributed by atoms with E-state index in [9.17, 15) is 13.2 Å². The average molecular weight is 229 g/mol. The lowest BCUT2D eigenvalue weighted by Gasteiger charge is -2.15. The summed E-state index contributed by atoms with van der Waals surface area (Å²) in [5.41, 5.74) is 0.195. The quantitative estimate of drug-likeness (QED) is 0.752. The van der Waals surface area contributed by atoms with Gasteiger partial charge in [0.1, 0.15) is 0 Å².